The van der Waals surface area contributed by atoms with E-state index in [9.17, 15) is 9.59 Å². The van der Waals surface area contributed by atoms with Crippen LogP contribution in [0.25, 0.3) is 16.8 Å². The Kier molecular flexibility index (Phi) is 6.50. The molecule has 0 aliphatic carbocycles. The van der Waals surface area contributed by atoms with Crippen molar-refractivity contribution < 1.29 is 19.4 Å². The van der Waals surface area contributed by atoms with E-state index < -0.39 is 5.97 Å². The number of ketones is 1. The lowest BCUT2D eigenvalue weighted by atomic mass is 10.0. The van der Waals surface area contributed by atoms with Gasteiger partial charge in [-0.3, -0.25) is 9.59 Å². The van der Waals surface area contributed by atoms with Crippen LogP contribution in [-0.4, -0.2) is 29.7 Å². The summed E-state index contributed by atoms with van der Waals surface area (Å²) in [6.45, 7) is 0. The maximum atomic E-state index is 12.7. The zero-order valence-corrected chi connectivity index (χ0v) is 16.2. The van der Waals surface area contributed by atoms with E-state index in [2.05, 4.69) is 0 Å². The monoisotopic (exact) mass is 392 g/mol. The molecule has 0 radical (unpaired) electrons. The molecule has 0 aliphatic rings. The van der Waals surface area contributed by atoms with Gasteiger partial charge in [0.25, 0.3) is 0 Å². The van der Waals surface area contributed by atoms with Crippen LogP contribution < -0.4 is 4.74 Å². The molecule has 0 bridgehead atoms. The number of carboxylic acids is 1. The molecule has 28 heavy (non-hydrogen) atoms. The summed E-state index contributed by atoms with van der Waals surface area (Å²) in [7, 11) is 1.56. The van der Waals surface area contributed by atoms with E-state index in [1.807, 2.05) is 48.5 Å². The number of fused-ring (bicyclic) bond motifs is 1. The number of allylic oxidation sites excluding steroid dienone is 1. The number of ether oxygens (including phenoxy) is 1. The number of benzene rings is 3. The molecule has 3 rings (SSSR count). The summed E-state index contributed by atoms with van der Waals surface area (Å²) in [5.74, 6) is 0.133. The highest BCUT2D eigenvalue weighted by molar-refractivity contribution is 7.99. The van der Waals surface area contributed by atoms with Crippen LogP contribution in [0, 0.1) is 0 Å². The molecule has 3 aromatic rings. The minimum absolute atomic E-state index is 0.00229. The molecular formula is C23H20O4S. The lowest BCUT2D eigenvalue weighted by Crippen LogP contribution is -2.01. The van der Waals surface area contributed by atoms with Crippen LogP contribution in [0.2, 0.25) is 0 Å². The van der Waals surface area contributed by atoms with Gasteiger partial charge in [-0.05, 0) is 40.6 Å². The van der Waals surface area contributed by atoms with Crippen LogP contribution in [0.5, 0.6) is 5.75 Å². The van der Waals surface area contributed by atoms with Crippen molar-refractivity contribution in [2.75, 3.05) is 12.9 Å². The summed E-state index contributed by atoms with van der Waals surface area (Å²) in [6.07, 6.45) is 3.39. The quantitative estimate of drug-likeness (QED) is 0.429. The van der Waals surface area contributed by atoms with E-state index in [-0.39, 0.29) is 11.5 Å². The van der Waals surface area contributed by atoms with Gasteiger partial charge in [0.2, 0.25) is 0 Å². The fraction of sp³-hybridized carbons (Fsp3) is 0.130. The zero-order valence-electron chi connectivity index (χ0n) is 15.4. The van der Waals surface area contributed by atoms with Gasteiger partial charge in [-0.2, -0.15) is 0 Å². The summed E-state index contributed by atoms with van der Waals surface area (Å²) >= 11 is 1.27. The number of hydrogen-bond acceptors (Lipinski definition) is 4. The number of hydrogen-bond donors (Lipinski definition) is 1. The topological polar surface area (TPSA) is 63.6 Å². The molecule has 0 spiro atoms. The maximum absolute atomic E-state index is 12.7. The Balaban J connectivity index is 1.81. The van der Waals surface area contributed by atoms with Gasteiger partial charge in [0, 0.05) is 16.9 Å². The van der Waals surface area contributed by atoms with Gasteiger partial charge in [-0.25, -0.2) is 0 Å². The van der Waals surface area contributed by atoms with E-state index in [0.29, 0.717) is 17.1 Å². The Morgan fingerprint density at radius 1 is 1.07 bits per heavy atom. The highest BCUT2D eigenvalue weighted by Crippen LogP contribution is 2.25. The van der Waals surface area contributed by atoms with Crippen molar-refractivity contribution in [1.82, 2.24) is 0 Å². The average Bonchev–Trinajstić information content (AvgIpc) is 2.71. The second-order valence-electron chi connectivity index (χ2n) is 6.18. The third-order valence-corrected chi connectivity index (χ3v) is 5.25. The highest BCUT2D eigenvalue weighted by Gasteiger charge is 2.10. The Hall–Kier alpha value is -3.05. The van der Waals surface area contributed by atoms with E-state index in [1.54, 1.807) is 31.4 Å². The molecule has 0 aliphatic heterocycles. The molecule has 0 unspecified atom stereocenters. The molecule has 5 heteroatoms. The van der Waals surface area contributed by atoms with Crippen molar-refractivity contribution in [3.63, 3.8) is 0 Å². The fourth-order valence-corrected chi connectivity index (χ4v) is 3.67. The fourth-order valence-electron chi connectivity index (χ4n) is 2.95. The summed E-state index contributed by atoms with van der Waals surface area (Å²) in [6, 6.07) is 19.3. The van der Waals surface area contributed by atoms with Crippen molar-refractivity contribution in [3.05, 3.63) is 83.4 Å². The summed E-state index contributed by atoms with van der Waals surface area (Å²) in [5.41, 5.74) is 2.33. The van der Waals surface area contributed by atoms with Crippen LogP contribution in [0.1, 0.15) is 21.5 Å². The molecule has 0 heterocycles. The standard InChI is InChI=1S/C23H20O4S/c1-27-22-12-10-18(13-19(22)14-28-15-23(25)26)21(24)11-9-17-7-4-6-16-5-2-3-8-20(16)17/h2-13H,14-15H2,1H3,(H,25,26)/b11-9+. The van der Waals surface area contributed by atoms with Gasteiger partial charge in [-0.15, -0.1) is 11.8 Å². The average molecular weight is 392 g/mol. The third-order valence-electron chi connectivity index (χ3n) is 4.29. The molecule has 0 atom stereocenters. The second-order valence-corrected chi connectivity index (χ2v) is 7.16. The lowest BCUT2D eigenvalue weighted by molar-refractivity contribution is -0.133. The lowest BCUT2D eigenvalue weighted by Gasteiger charge is -2.09. The Labute approximate surface area is 167 Å². The third kappa shape index (κ3) is 4.81. The summed E-state index contributed by atoms with van der Waals surface area (Å²) < 4.78 is 5.33. The molecule has 3 aromatic carbocycles. The first-order valence-electron chi connectivity index (χ1n) is 8.75. The first-order valence-corrected chi connectivity index (χ1v) is 9.90. The van der Waals surface area contributed by atoms with Crippen LogP contribution in [0.3, 0.4) is 0 Å². The van der Waals surface area contributed by atoms with Gasteiger partial charge in [0.15, 0.2) is 5.78 Å². The van der Waals surface area contributed by atoms with Crippen molar-refractivity contribution in [2.45, 2.75) is 5.75 Å². The molecule has 0 aromatic heterocycles. The normalized spacial score (nSPS) is 11.0. The van der Waals surface area contributed by atoms with Crippen molar-refractivity contribution in [2.24, 2.45) is 0 Å². The number of carboxylic acid groups (broad SMARTS) is 1. The smallest absolute Gasteiger partial charge is 0.313 e. The predicted octanol–water partition coefficient (Wildman–Crippen LogP) is 5.06. The molecule has 0 saturated heterocycles. The number of methoxy groups -OCH3 is 1. The largest absolute Gasteiger partial charge is 0.496 e. The minimum atomic E-state index is -0.866. The Bertz CT molecular complexity index is 1030. The van der Waals surface area contributed by atoms with Gasteiger partial charge < -0.3 is 9.84 Å². The second kappa shape index (κ2) is 9.24. The Morgan fingerprint density at radius 3 is 2.64 bits per heavy atom. The van der Waals surface area contributed by atoms with Gasteiger partial charge in [0.05, 0.1) is 12.9 Å². The zero-order chi connectivity index (χ0) is 19.9. The van der Waals surface area contributed by atoms with E-state index in [1.165, 1.54) is 11.8 Å². The van der Waals surface area contributed by atoms with E-state index in [4.69, 9.17) is 9.84 Å². The van der Waals surface area contributed by atoms with Gasteiger partial charge in [-0.1, -0.05) is 48.5 Å². The molecule has 0 fully saturated rings. The molecule has 0 saturated carbocycles. The highest BCUT2D eigenvalue weighted by atomic mass is 32.2. The number of thioether (sulfide) groups is 1. The Morgan fingerprint density at radius 2 is 1.86 bits per heavy atom. The van der Waals surface area contributed by atoms with Crippen LogP contribution in [-0.2, 0) is 10.5 Å². The van der Waals surface area contributed by atoms with Crippen LogP contribution in [0.4, 0.5) is 0 Å². The van der Waals surface area contributed by atoms with Crippen LogP contribution in [0.15, 0.2) is 66.7 Å². The SMILES string of the molecule is COc1ccc(C(=O)/C=C/c2cccc3ccccc23)cc1CSCC(=O)O. The number of carbonyl (C=O) groups is 2. The maximum Gasteiger partial charge on any atom is 0.313 e. The van der Waals surface area contributed by atoms with Gasteiger partial charge >= 0.3 is 5.97 Å². The van der Waals surface area contributed by atoms with E-state index >= 15 is 0 Å². The van der Waals surface area contributed by atoms with Crippen LogP contribution >= 0.6 is 11.8 Å². The molecule has 0 amide bonds. The minimum Gasteiger partial charge on any atom is -0.496 e. The van der Waals surface area contributed by atoms with E-state index in [0.717, 1.165) is 21.9 Å². The number of carbonyl (C=O) groups excluding carboxylic acids is 1. The predicted molar refractivity (Wildman–Crippen MR) is 114 cm³/mol. The van der Waals surface area contributed by atoms with Crippen molar-refractivity contribution >= 4 is 40.4 Å². The van der Waals surface area contributed by atoms with Crippen molar-refractivity contribution in [3.8, 4) is 5.75 Å². The molecule has 4 nitrogen and oxygen atoms in total. The molecule has 1 N–H and O–H groups in total. The summed E-state index contributed by atoms with van der Waals surface area (Å²) in [4.78, 5) is 23.4. The molecular weight excluding hydrogens is 372 g/mol. The van der Waals surface area contributed by atoms with Crippen molar-refractivity contribution in [1.29, 1.82) is 0 Å². The molecule has 142 valence electrons. The first kappa shape index (κ1) is 19.7. The number of aliphatic carboxylic acids is 1. The number of rotatable bonds is 8. The first-order chi connectivity index (χ1) is 13.6. The van der Waals surface area contributed by atoms with Gasteiger partial charge in [0.1, 0.15) is 5.75 Å². The summed E-state index contributed by atoms with van der Waals surface area (Å²) in [5, 5.41) is 11.0.